The Kier molecular flexibility index (Phi) is 3.22. The van der Waals surface area contributed by atoms with Crippen molar-refractivity contribution in [1.82, 2.24) is 15.1 Å². The average molecular weight is 289 g/mol. The minimum Gasteiger partial charge on any atom is -0.508 e. The first kappa shape index (κ1) is 12.4. The van der Waals surface area contributed by atoms with Gasteiger partial charge in [0.2, 0.25) is 11.2 Å². The van der Waals surface area contributed by atoms with Gasteiger partial charge in [-0.15, -0.1) is 0 Å². The maximum absolute atomic E-state index is 9.25. The van der Waals surface area contributed by atoms with Crippen LogP contribution in [-0.4, -0.2) is 20.2 Å². The average Bonchev–Trinajstić information content (AvgIpc) is 2.88. The quantitative estimate of drug-likeness (QED) is 0.720. The molecule has 0 saturated carbocycles. The van der Waals surface area contributed by atoms with Gasteiger partial charge >= 0.3 is 0 Å². The van der Waals surface area contributed by atoms with Crippen LogP contribution in [0.25, 0.3) is 11.3 Å². The number of aromatic hydroxyl groups is 1. The molecule has 0 aliphatic carbocycles. The van der Waals surface area contributed by atoms with Crippen LogP contribution in [0.5, 0.6) is 5.75 Å². The van der Waals surface area contributed by atoms with Crippen LogP contribution in [-0.2, 0) is 0 Å². The van der Waals surface area contributed by atoms with E-state index in [1.165, 1.54) is 6.20 Å². The highest BCUT2D eigenvalue weighted by Crippen LogP contribution is 2.25. The maximum Gasteiger partial charge on any atom is 0.230 e. The first-order valence-corrected chi connectivity index (χ1v) is 6.10. The van der Waals surface area contributed by atoms with Crippen molar-refractivity contribution in [2.75, 3.05) is 5.32 Å². The summed E-state index contributed by atoms with van der Waals surface area (Å²) in [5.41, 5.74) is 1.48. The molecule has 3 rings (SSSR count). The molecule has 0 aliphatic rings. The van der Waals surface area contributed by atoms with E-state index in [9.17, 15) is 5.11 Å². The van der Waals surface area contributed by atoms with Crippen molar-refractivity contribution in [3.05, 3.63) is 47.9 Å². The third-order valence-electron chi connectivity index (χ3n) is 2.55. The van der Waals surface area contributed by atoms with Crippen molar-refractivity contribution >= 4 is 23.3 Å². The van der Waals surface area contributed by atoms with Gasteiger partial charge in [-0.1, -0.05) is 5.16 Å². The third kappa shape index (κ3) is 2.70. The van der Waals surface area contributed by atoms with Crippen molar-refractivity contribution in [2.45, 2.75) is 0 Å². The number of halogens is 1. The number of rotatable bonds is 3. The van der Waals surface area contributed by atoms with Crippen LogP contribution in [0.3, 0.4) is 0 Å². The molecular weight excluding hydrogens is 280 g/mol. The van der Waals surface area contributed by atoms with Gasteiger partial charge in [0.05, 0.1) is 0 Å². The minimum absolute atomic E-state index is 0.147. The Labute approximate surface area is 119 Å². The maximum atomic E-state index is 9.25. The number of nitrogens with zero attached hydrogens (tertiary/aromatic N) is 3. The molecule has 0 aliphatic heterocycles. The smallest absolute Gasteiger partial charge is 0.230 e. The zero-order valence-electron chi connectivity index (χ0n) is 10.1. The summed E-state index contributed by atoms with van der Waals surface area (Å²) >= 11 is 5.69. The van der Waals surface area contributed by atoms with Crippen LogP contribution in [0, 0.1) is 0 Å². The summed E-state index contributed by atoms with van der Waals surface area (Å²) in [5, 5.41) is 16.3. The fourth-order valence-electron chi connectivity index (χ4n) is 1.63. The van der Waals surface area contributed by atoms with Crippen LogP contribution in [0.2, 0.25) is 5.28 Å². The monoisotopic (exact) mass is 288 g/mol. The lowest BCUT2D eigenvalue weighted by Gasteiger charge is -1.99. The Hall–Kier alpha value is -2.60. The van der Waals surface area contributed by atoms with Crippen LogP contribution < -0.4 is 5.32 Å². The second-order valence-electron chi connectivity index (χ2n) is 3.96. The summed E-state index contributed by atoms with van der Waals surface area (Å²) in [4.78, 5) is 7.77. The Morgan fingerprint density at radius 2 is 1.95 bits per heavy atom. The highest BCUT2D eigenvalue weighted by molar-refractivity contribution is 6.28. The van der Waals surface area contributed by atoms with Crippen molar-refractivity contribution in [3.8, 4) is 17.0 Å². The summed E-state index contributed by atoms with van der Waals surface area (Å²) in [6, 6.07) is 10.1. The predicted molar refractivity (Wildman–Crippen MR) is 73.9 cm³/mol. The molecular formula is C13H9ClN4O2. The SMILES string of the molecule is Oc1ccc(-c2cc(Nc3ccnc(Cl)n3)on2)cc1. The lowest BCUT2D eigenvalue weighted by atomic mass is 10.1. The Balaban J connectivity index is 1.82. The van der Waals surface area contributed by atoms with Crippen LogP contribution in [0.4, 0.5) is 11.7 Å². The topological polar surface area (TPSA) is 84.1 Å². The van der Waals surface area contributed by atoms with E-state index in [2.05, 4.69) is 20.4 Å². The first-order valence-electron chi connectivity index (χ1n) is 5.72. The summed E-state index contributed by atoms with van der Waals surface area (Å²) < 4.78 is 5.17. The molecule has 0 amide bonds. The fourth-order valence-corrected chi connectivity index (χ4v) is 1.78. The number of hydrogen-bond donors (Lipinski definition) is 2. The highest BCUT2D eigenvalue weighted by Gasteiger charge is 2.07. The molecule has 0 unspecified atom stereocenters. The van der Waals surface area contributed by atoms with Crippen LogP contribution in [0.1, 0.15) is 0 Å². The predicted octanol–water partition coefficient (Wildman–Crippen LogP) is 3.23. The van der Waals surface area contributed by atoms with Gasteiger partial charge in [0.25, 0.3) is 0 Å². The first-order chi connectivity index (χ1) is 9.70. The second-order valence-corrected chi connectivity index (χ2v) is 4.30. The Morgan fingerprint density at radius 3 is 2.70 bits per heavy atom. The molecule has 0 spiro atoms. The summed E-state index contributed by atoms with van der Waals surface area (Å²) in [7, 11) is 0. The number of hydrogen-bond acceptors (Lipinski definition) is 6. The number of benzene rings is 1. The van der Waals surface area contributed by atoms with E-state index in [1.54, 1.807) is 36.4 Å². The molecule has 0 saturated heterocycles. The zero-order chi connectivity index (χ0) is 13.9. The van der Waals surface area contributed by atoms with Gasteiger partial charge in [-0.05, 0) is 41.9 Å². The number of anilines is 2. The number of phenols is 1. The normalized spacial score (nSPS) is 10.4. The molecule has 2 aromatic heterocycles. The molecule has 7 heteroatoms. The second kappa shape index (κ2) is 5.18. The molecule has 100 valence electrons. The van der Waals surface area contributed by atoms with Crippen molar-refractivity contribution < 1.29 is 9.63 Å². The molecule has 20 heavy (non-hydrogen) atoms. The van der Waals surface area contributed by atoms with E-state index in [1.807, 2.05) is 0 Å². The van der Waals surface area contributed by atoms with E-state index in [-0.39, 0.29) is 11.0 Å². The molecule has 3 aromatic rings. The van der Waals surface area contributed by atoms with E-state index in [0.29, 0.717) is 17.4 Å². The minimum atomic E-state index is 0.147. The van der Waals surface area contributed by atoms with Gasteiger partial charge in [0.15, 0.2) is 0 Å². The lowest BCUT2D eigenvalue weighted by Crippen LogP contribution is -1.92. The number of nitrogens with one attached hydrogen (secondary N) is 1. The highest BCUT2D eigenvalue weighted by atomic mass is 35.5. The Morgan fingerprint density at radius 1 is 1.15 bits per heavy atom. The molecule has 2 heterocycles. The van der Waals surface area contributed by atoms with Crippen molar-refractivity contribution in [2.24, 2.45) is 0 Å². The fraction of sp³-hybridized carbons (Fsp3) is 0. The van der Waals surface area contributed by atoms with Crippen molar-refractivity contribution in [1.29, 1.82) is 0 Å². The van der Waals surface area contributed by atoms with E-state index in [4.69, 9.17) is 16.1 Å². The van der Waals surface area contributed by atoms with E-state index < -0.39 is 0 Å². The number of phenolic OH excluding ortho intramolecular Hbond substituents is 1. The molecule has 0 atom stereocenters. The summed E-state index contributed by atoms with van der Waals surface area (Å²) in [6.45, 7) is 0. The molecule has 1 aromatic carbocycles. The largest absolute Gasteiger partial charge is 0.508 e. The standard InChI is InChI=1S/C13H9ClN4O2/c14-13-15-6-5-11(17-13)16-12-7-10(18-20-12)8-1-3-9(19)4-2-8/h1-7,19H,(H,15,16,17). The zero-order valence-corrected chi connectivity index (χ0v) is 10.9. The molecule has 0 radical (unpaired) electrons. The van der Waals surface area contributed by atoms with Gasteiger partial charge in [0.1, 0.15) is 17.3 Å². The number of aromatic nitrogens is 3. The summed E-state index contributed by atoms with van der Waals surface area (Å²) in [6.07, 6.45) is 1.54. The van der Waals surface area contributed by atoms with Gasteiger partial charge in [-0.3, -0.25) is 0 Å². The molecule has 2 N–H and O–H groups in total. The summed E-state index contributed by atoms with van der Waals surface area (Å²) in [5.74, 6) is 1.15. The molecule has 0 fully saturated rings. The van der Waals surface area contributed by atoms with E-state index in [0.717, 1.165) is 5.56 Å². The Bertz CT molecular complexity index is 727. The molecule has 6 nitrogen and oxygen atoms in total. The van der Waals surface area contributed by atoms with E-state index >= 15 is 0 Å². The van der Waals surface area contributed by atoms with Crippen LogP contribution in [0.15, 0.2) is 47.1 Å². The molecule has 0 bridgehead atoms. The third-order valence-corrected chi connectivity index (χ3v) is 2.73. The van der Waals surface area contributed by atoms with Gasteiger partial charge in [0, 0.05) is 17.8 Å². The lowest BCUT2D eigenvalue weighted by molar-refractivity contribution is 0.437. The van der Waals surface area contributed by atoms with Crippen LogP contribution >= 0.6 is 11.6 Å². The van der Waals surface area contributed by atoms with Gasteiger partial charge < -0.3 is 14.9 Å². The van der Waals surface area contributed by atoms with Crippen molar-refractivity contribution in [3.63, 3.8) is 0 Å². The van der Waals surface area contributed by atoms with Gasteiger partial charge in [-0.2, -0.15) is 0 Å². The van der Waals surface area contributed by atoms with Gasteiger partial charge in [-0.25, -0.2) is 9.97 Å².